The zero-order chi connectivity index (χ0) is 54.9. The molecule has 2 aromatic heterocycles. The number of Topliss-reactive ketones (excluding diaryl/α,β-unsaturated/α-hetero) is 2. The number of hydrogen-bond acceptors (Lipinski definition) is 14. The van der Waals surface area contributed by atoms with E-state index in [-0.39, 0.29) is 47.8 Å². The van der Waals surface area contributed by atoms with Crippen molar-refractivity contribution in [3.8, 4) is 17.2 Å². The lowest BCUT2D eigenvalue weighted by atomic mass is 9.87. The third-order valence-electron chi connectivity index (χ3n) is 12.0. The van der Waals surface area contributed by atoms with Crippen LogP contribution < -0.4 is 14.5 Å². The topological polar surface area (TPSA) is 181 Å². The number of halogens is 1. The molecule has 0 spiro atoms. The maximum atomic E-state index is 12.4. The van der Waals surface area contributed by atoms with Crippen LogP contribution >= 0.6 is 15.9 Å². The molecule has 2 aliphatic rings. The molecule has 2 aliphatic heterocycles. The van der Waals surface area contributed by atoms with Gasteiger partial charge >= 0.3 is 12.2 Å². The van der Waals surface area contributed by atoms with Gasteiger partial charge in [-0.25, -0.2) is 19.6 Å². The van der Waals surface area contributed by atoms with E-state index < -0.39 is 11.2 Å². The van der Waals surface area contributed by atoms with Gasteiger partial charge in [0.1, 0.15) is 51.7 Å². The minimum Gasteiger partial charge on any atom is -0.508 e. The van der Waals surface area contributed by atoms with Gasteiger partial charge in [-0.15, -0.1) is 0 Å². The maximum absolute atomic E-state index is 12.4. The summed E-state index contributed by atoms with van der Waals surface area (Å²) in [6.07, 6.45) is 3.86. The standard InChI is InChI=1S/C29H36N4O4.C17H21BrN4O2.C12H16O2.CH4/c1-28(2,3)25(34)17-20-7-9-21(10-8-20)36-22-11-12-23-24(18-22)31-26(19-30-23)32-13-15-33(16-14-32)27(35)37-29(4,5)6;1-17(2,3)24-16(23)22-8-6-21(7-9-22)15-11-19-13-5-4-12(18)10-14(13)20-15;1-12(2,3)11(14)8-9-4-6-10(13)7-5-9;/h7-12,18-19H,13-17H2,1-6H3;4-5,10-11H,6-9H2,1-3H3;4-7,13H,8H2,1-3H3;1H4. The summed E-state index contributed by atoms with van der Waals surface area (Å²) in [5, 5.41) is 9.07. The van der Waals surface area contributed by atoms with Crippen molar-refractivity contribution < 1.29 is 38.5 Å². The second kappa shape index (κ2) is 25.3. The SMILES string of the molecule is C.CC(C)(C)C(=O)Cc1ccc(O)cc1.CC(C)(C)OC(=O)N1CCN(c2cnc3ccc(Br)cc3n2)CC1.CC(C)(C)OC(=O)N1CCN(c2cnc3ccc(Oc4ccc(CC(=O)C(C)(C)C)cc4)cc3n2)CC1. The van der Waals surface area contributed by atoms with E-state index in [2.05, 4.69) is 40.7 Å². The van der Waals surface area contributed by atoms with Crippen LogP contribution in [0.1, 0.15) is 102 Å². The number of phenols is 1. The molecule has 0 bridgehead atoms. The Labute approximate surface area is 457 Å². The average molecular weight is 1110 g/mol. The van der Waals surface area contributed by atoms with Gasteiger partial charge in [0.15, 0.2) is 0 Å². The lowest BCUT2D eigenvalue weighted by Crippen LogP contribution is -2.50. The van der Waals surface area contributed by atoms with Gasteiger partial charge in [-0.3, -0.25) is 19.6 Å². The molecule has 6 aromatic rings. The number of benzene rings is 4. The van der Waals surface area contributed by atoms with Crippen LogP contribution in [0.3, 0.4) is 0 Å². The molecule has 0 unspecified atom stereocenters. The number of aromatic nitrogens is 4. The van der Waals surface area contributed by atoms with Crippen molar-refractivity contribution in [1.82, 2.24) is 29.7 Å². The van der Waals surface area contributed by atoms with Crippen LogP contribution in [0.15, 0.2) is 102 Å². The number of aromatic hydroxyl groups is 1. The molecule has 2 fully saturated rings. The first kappa shape index (κ1) is 60.0. The molecule has 8 rings (SSSR count). The third-order valence-corrected chi connectivity index (χ3v) is 12.5. The van der Waals surface area contributed by atoms with Crippen molar-refractivity contribution in [3.63, 3.8) is 0 Å². The summed E-state index contributed by atoms with van der Waals surface area (Å²) >= 11 is 3.46. The molecule has 408 valence electrons. The fourth-order valence-electron chi connectivity index (χ4n) is 7.54. The first-order valence-electron chi connectivity index (χ1n) is 25.3. The molecule has 0 atom stereocenters. The van der Waals surface area contributed by atoms with Crippen LogP contribution in [0.5, 0.6) is 17.2 Å². The summed E-state index contributed by atoms with van der Waals surface area (Å²) in [5.74, 6) is 3.60. The Morgan fingerprint density at radius 3 is 1.30 bits per heavy atom. The van der Waals surface area contributed by atoms with E-state index in [1.165, 1.54) is 0 Å². The lowest BCUT2D eigenvalue weighted by molar-refractivity contribution is -0.126. The molecule has 0 saturated carbocycles. The van der Waals surface area contributed by atoms with Gasteiger partial charge in [-0.2, -0.15) is 0 Å². The zero-order valence-corrected chi connectivity index (χ0v) is 47.2. The zero-order valence-electron chi connectivity index (χ0n) is 45.6. The number of carbonyl (C=O) groups excluding carboxylic acids is 4. The minimum atomic E-state index is -0.509. The Balaban J connectivity index is 0.000000234. The van der Waals surface area contributed by atoms with Crippen LogP contribution in [0.2, 0.25) is 0 Å². The first-order valence-corrected chi connectivity index (χ1v) is 26.1. The second-order valence-electron chi connectivity index (χ2n) is 22.8. The maximum Gasteiger partial charge on any atom is 0.410 e. The molecule has 16 nitrogen and oxygen atoms in total. The number of phenolic OH excluding ortho intramolecular Hbond substituents is 1. The predicted octanol–water partition coefficient (Wildman–Crippen LogP) is 12.3. The van der Waals surface area contributed by atoms with Crippen LogP contribution in [-0.4, -0.2) is 122 Å². The fourth-order valence-corrected chi connectivity index (χ4v) is 7.89. The molecular weight excluding hydrogens is 1030 g/mol. The van der Waals surface area contributed by atoms with Crippen LogP contribution in [-0.2, 0) is 31.9 Å². The number of hydrogen-bond donors (Lipinski definition) is 1. The molecular formula is C59H77BrN8O8. The number of carbonyl (C=O) groups is 4. The summed E-state index contributed by atoms with van der Waals surface area (Å²) in [5.41, 5.74) is 3.53. The summed E-state index contributed by atoms with van der Waals surface area (Å²) in [6, 6.07) is 25.8. The van der Waals surface area contributed by atoms with Gasteiger partial charge in [0.05, 0.1) is 34.5 Å². The Morgan fingerprint density at radius 2 is 0.895 bits per heavy atom. The monoisotopic (exact) mass is 1100 g/mol. The lowest BCUT2D eigenvalue weighted by Gasteiger charge is -2.36. The van der Waals surface area contributed by atoms with Crippen LogP contribution in [0, 0.1) is 10.8 Å². The molecule has 1 N–H and O–H groups in total. The van der Waals surface area contributed by atoms with E-state index in [0.29, 0.717) is 76.7 Å². The Morgan fingerprint density at radius 1 is 0.513 bits per heavy atom. The largest absolute Gasteiger partial charge is 0.508 e. The van der Waals surface area contributed by atoms with Gasteiger partial charge in [-0.1, -0.05) is 89.2 Å². The summed E-state index contributed by atoms with van der Waals surface area (Å²) in [6.45, 7) is 27.9. The number of fused-ring (bicyclic) bond motifs is 2. The Kier molecular flexibility index (Phi) is 20.0. The number of piperazine rings is 2. The van der Waals surface area contributed by atoms with Gasteiger partial charge in [0.2, 0.25) is 0 Å². The highest BCUT2D eigenvalue weighted by Crippen LogP contribution is 2.28. The molecule has 0 radical (unpaired) electrons. The van der Waals surface area contributed by atoms with Gasteiger partial charge in [-0.05, 0) is 107 Å². The second-order valence-corrected chi connectivity index (χ2v) is 23.7. The summed E-state index contributed by atoms with van der Waals surface area (Å²) < 4.78 is 17.9. The van der Waals surface area contributed by atoms with E-state index in [1.54, 1.807) is 46.5 Å². The van der Waals surface area contributed by atoms with Crippen molar-refractivity contribution in [3.05, 3.63) is 113 Å². The Hall–Kier alpha value is -6.88. The first-order chi connectivity index (χ1) is 35.1. The predicted molar refractivity (Wildman–Crippen MR) is 305 cm³/mol. The van der Waals surface area contributed by atoms with Gasteiger partial charge < -0.3 is 38.9 Å². The number of ketones is 2. The van der Waals surface area contributed by atoms with E-state index in [1.807, 2.05) is 144 Å². The van der Waals surface area contributed by atoms with Crippen molar-refractivity contribution in [1.29, 1.82) is 0 Å². The van der Waals surface area contributed by atoms with E-state index >= 15 is 0 Å². The van der Waals surface area contributed by atoms with Crippen molar-refractivity contribution >= 4 is 73.4 Å². The average Bonchev–Trinajstić information content (AvgIpc) is 3.33. The molecule has 2 amide bonds. The smallest absolute Gasteiger partial charge is 0.410 e. The molecule has 4 aromatic carbocycles. The van der Waals surface area contributed by atoms with Gasteiger partial charge in [0, 0.05) is 86.6 Å². The highest BCUT2D eigenvalue weighted by atomic mass is 79.9. The van der Waals surface area contributed by atoms with Crippen molar-refractivity contribution in [2.75, 3.05) is 62.2 Å². The van der Waals surface area contributed by atoms with Crippen molar-refractivity contribution in [2.24, 2.45) is 10.8 Å². The fraction of sp³-hybridized carbons (Fsp3) is 0.458. The highest BCUT2D eigenvalue weighted by molar-refractivity contribution is 9.10. The summed E-state index contributed by atoms with van der Waals surface area (Å²) in [7, 11) is 0. The highest BCUT2D eigenvalue weighted by Gasteiger charge is 2.29. The van der Waals surface area contributed by atoms with Crippen LogP contribution in [0.25, 0.3) is 22.1 Å². The van der Waals surface area contributed by atoms with E-state index in [9.17, 15) is 19.2 Å². The number of amides is 2. The molecule has 4 heterocycles. The van der Waals surface area contributed by atoms with E-state index in [4.69, 9.17) is 24.3 Å². The minimum absolute atomic E-state index is 0. The number of nitrogens with zero attached hydrogens (tertiary/aromatic N) is 8. The Bertz CT molecular complexity index is 2930. The molecule has 17 heteroatoms. The third kappa shape index (κ3) is 18.2. The van der Waals surface area contributed by atoms with Crippen LogP contribution in [0.4, 0.5) is 21.2 Å². The normalized spacial score (nSPS) is 14.1. The number of anilines is 2. The van der Waals surface area contributed by atoms with Crippen molar-refractivity contribution in [2.45, 2.75) is 115 Å². The summed E-state index contributed by atoms with van der Waals surface area (Å²) in [4.78, 5) is 74.7. The number of ether oxygens (including phenoxy) is 3. The van der Waals surface area contributed by atoms with E-state index in [0.717, 1.165) is 49.3 Å². The molecule has 76 heavy (non-hydrogen) atoms. The van der Waals surface area contributed by atoms with Gasteiger partial charge in [0.25, 0.3) is 0 Å². The molecule has 2 saturated heterocycles. The molecule has 0 aliphatic carbocycles. The number of rotatable bonds is 8. The quantitative estimate of drug-likeness (QED) is 0.152.